The summed E-state index contributed by atoms with van der Waals surface area (Å²) >= 11 is 0. The Bertz CT molecular complexity index is 940. The van der Waals surface area contributed by atoms with E-state index in [0.29, 0.717) is 18.2 Å². The smallest absolute Gasteiger partial charge is 0.246 e. The molecule has 2 unspecified atom stereocenters. The molecule has 0 spiro atoms. The third-order valence-electron chi connectivity index (χ3n) is 4.76. The molecule has 0 amide bonds. The van der Waals surface area contributed by atoms with Crippen LogP contribution in [0.1, 0.15) is 50.1 Å². The van der Waals surface area contributed by atoms with Crippen LogP contribution in [-0.2, 0) is 21.2 Å². The zero-order valence-corrected chi connectivity index (χ0v) is 16.4. The van der Waals surface area contributed by atoms with Gasteiger partial charge in [-0.2, -0.15) is 4.31 Å². The molecule has 9 heteroatoms. The van der Waals surface area contributed by atoms with E-state index in [1.54, 1.807) is 18.2 Å². The Balaban J connectivity index is 1.56. The molecule has 1 saturated heterocycles. The quantitative estimate of drug-likeness (QED) is 0.786. The van der Waals surface area contributed by atoms with Crippen molar-refractivity contribution < 1.29 is 22.3 Å². The summed E-state index contributed by atoms with van der Waals surface area (Å²) in [5.74, 6) is 1.69. The summed E-state index contributed by atoms with van der Waals surface area (Å²) in [6.45, 7) is 6.58. The van der Waals surface area contributed by atoms with E-state index in [1.807, 2.05) is 20.8 Å². The molecule has 1 aromatic carbocycles. The molecular weight excluding hydrogens is 370 g/mol. The Hall–Kier alpha value is -1.97. The summed E-state index contributed by atoms with van der Waals surface area (Å²) in [7, 11) is -3.64. The topological polar surface area (TPSA) is 94.8 Å². The highest BCUT2D eigenvalue weighted by atomic mass is 32.2. The molecule has 0 radical (unpaired) electrons. The fourth-order valence-electron chi connectivity index (χ4n) is 3.31. The molecular formula is C18H23N3O5S. The van der Waals surface area contributed by atoms with Crippen molar-refractivity contribution >= 4 is 10.0 Å². The third-order valence-corrected chi connectivity index (χ3v) is 6.62. The minimum atomic E-state index is -3.64. The minimum absolute atomic E-state index is 0.0680. The van der Waals surface area contributed by atoms with Crippen molar-refractivity contribution in [2.75, 3.05) is 19.7 Å². The fourth-order valence-corrected chi connectivity index (χ4v) is 4.79. The average molecular weight is 393 g/mol. The van der Waals surface area contributed by atoms with Gasteiger partial charge in [-0.25, -0.2) is 8.42 Å². The highest BCUT2D eigenvalue weighted by molar-refractivity contribution is 7.89. The van der Waals surface area contributed by atoms with Crippen LogP contribution < -0.4 is 4.74 Å². The Morgan fingerprint density at radius 3 is 2.81 bits per heavy atom. The fraction of sp³-hybridized carbons (Fsp3) is 0.556. The highest BCUT2D eigenvalue weighted by Crippen LogP contribution is 2.33. The standard InChI is InChI=1S/C18H23N3O5S/c1-11(2)17-19-20-18(26-17)16-10-21(6-7-24-16)27(22,23)14-4-5-15-13(9-14)8-12(3)25-15/h4-5,9,11-12,16H,6-8,10H2,1-3H3. The maximum Gasteiger partial charge on any atom is 0.246 e. The molecule has 4 rings (SSSR count). The second-order valence-electron chi connectivity index (χ2n) is 7.26. The van der Waals surface area contributed by atoms with Crippen molar-refractivity contribution in [3.05, 3.63) is 35.5 Å². The van der Waals surface area contributed by atoms with Crippen LogP contribution in [0.15, 0.2) is 27.5 Å². The van der Waals surface area contributed by atoms with E-state index in [2.05, 4.69) is 10.2 Å². The first-order chi connectivity index (χ1) is 12.8. The number of fused-ring (bicyclic) bond motifs is 1. The first kappa shape index (κ1) is 18.4. The molecule has 8 nitrogen and oxygen atoms in total. The molecule has 1 fully saturated rings. The van der Waals surface area contributed by atoms with E-state index in [0.717, 1.165) is 11.3 Å². The van der Waals surface area contributed by atoms with Crippen LogP contribution in [0, 0.1) is 0 Å². The summed E-state index contributed by atoms with van der Waals surface area (Å²) in [5.41, 5.74) is 0.923. The number of sulfonamides is 1. The molecule has 0 aliphatic carbocycles. The van der Waals surface area contributed by atoms with E-state index in [4.69, 9.17) is 13.9 Å². The van der Waals surface area contributed by atoms with Gasteiger partial charge in [0.05, 0.1) is 11.5 Å². The Morgan fingerprint density at radius 2 is 2.07 bits per heavy atom. The molecule has 0 N–H and O–H groups in total. The SMILES string of the molecule is CC1Cc2cc(S(=O)(=O)N3CCOC(c4nnc(C(C)C)o4)C3)ccc2O1. The minimum Gasteiger partial charge on any atom is -0.490 e. The number of hydrogen-bond donors (Lipinski definition) is 0. The van der Waals surface area contributed by atoms with Crippen molar-refractivity contribution in [2.24, 2.45) is 0 Å². The van der Waals surface area contributed by atoms with Gasteiger partial charge >= 0.3 is 0 Å². The van der Waals surface area contributed by atoms with Gasteiger partial charge in [0.2, 0.25) is 21.8 Å². The number of hydrogen-bond acceptors (Lipinski definition) is 7. The third kappa shape index (κ3) is 3.46. The lowest BCUT2D eigenvalue weighted by molar-refractivity contribution is -0.0179. The van der Waals surface area contributed by atoms with E-state index in [1.165, 1.54) is 4.31 Å². The van der Waals surface area contributed by atoms with Gasteiger partial charge in [0, 0.05) is 25.4 Å². The Labute approximate surface area is 158 Å². The van der Waals surface area contributed by atoms with Crippen LogP contribution in [0.3, 0.4) is 0 Å². The van der Waals surface area contributed by atoms with Gasteiger partial charge in [-0.05, 0) is 30.7 Å². The van der Waals surface area contributed by atoms with E-state index in [-0.39, 0.29) is 36.6 Å². The molecule has 2 aromatic rings. The van der Waals surface area contributed by atoms with Gasteiger partial charge < -0.3 is 13.9 Å². The monoisotopic (exact) mass is 393 g/mol. The molecule has 2 aliphatic heterocycles. The van der Waals surface area contributed by atoms with Crippen molar-refractivity contribution in [2.45, 2.75) is 50.2 Å². The lowest BCUT2D eigenvalue weighted by atomic mass is 10.1. The molecule has 146 valence electrons. The Morgan fingerprint density at radius 1 is 1.26 bits per heavy atom. The normalized spacial score (nSPS) is 23.4. The largest absolute Gasteiger partial charge is 0.490 e. The number of benzene rings is 1. The van der Waals surface area contributed by atoms with Crippen LogP contribution in [0.5, 0.6) is 5.75 Å². The predicted molar refractivity (Wildman–Crippen MR) is 96.1 cm³/mol. The molecule has 3 heterocycles. The molecule has 0 saturated carbocycles. The van der Waals surface area contributed by atoms with Gasteiger partial charge in [-0.15, -0.1) is 10.2 Å². The molecule has 2 atom stereocenters. The van der Waals surface area contributed by atoms with Crippen LogP contribution in [-0.4, -0.2) is 48.7 Å². The summed E-state index contributed by atoms with van der Waals surface area (Å²) in [6, 6.07) is 5.04. The zero-order chi connectivity index (χ0) is 19.2. The molecule has 27 heavy (non-hydrogen) atoms. The van der Waals surface area contributed by atoms with Crippen molar-refractivity contribution in [3.63, 3.8) is 0 Å². The van der Waals surface area contributed by atoms with Gasteiger partial charge in [0.1, 0.15) is 18.0 Å². The summed E-state index contributed by atoms with van der Waals surface area (Å²) in [6.07, 6.45) is 0.217. The van der Waals surface area contributed by atoms with E-state index < -0.39 is 16.1 Å². The first-order valence-corrected chi connectivity index (χ1v) is 10.5. The summed E-state index contributed by atoms with van der Waals surface area (Å²) < 4.78 is 44.6. The predicted octanol–water partition coefficient (Wildman–Crippen LogP) is 2.28. The van der Waals surface area contributed by atoms with Crippen LogP contribution in [0.25, 0.3) is 0 Å². The number of morpholine rings is 1. The van der Waals surface area contributed by atoms with E-state index >= 15 is 0 Å². The van der Waals surface area contributed by atoms with Crippen LogP contribution in [0.2, 0.25) is 0 Å². The van der Waals surface area contributed by atoms with Crippen molar-refractivity contribution in [1.29, 1.82) is 0 Å². The highest BCUT2D eigenvalue weighted by Gasteiger charge is 2.35. The lowest BCUT2D eigenvalue weighted by Crippen LogP contribution is -2.42. The molecule has 2 aliphatic rings. The summed E-state index contributed by atoms with van der Waals surface area (Å²) in [4.78, 5) is 0.271. The van der Waals surface area contributed by atoms with Crippen LogP contribution in [0.4, 0.5) is 0 Å². The zero-order valence-electron chi connectivity index (χ0n) is 15.6. The number of nitrogens with zero attached hydrogens (tertiary/aromatic N) is 3. The Kier molecular flexibility index (Phi) is 4.69. The second-order valence-corrected chi connectivity index (χ2v) is 9.20. The first-order valence-electron chi connectivity index (χ1n) is 9.09. The van der Waals surface area contributed by atoms with Crippen LogP contribution >= 0.6 is 0 Å². The number of aromatic nitrogens is 2. The maximum absolute atomic E-state index is 13.1. The average Bonchev–Trinajstić information content (AvgIpc) is 3.27. The second kappa shape index (κ2) is 6.88. The van der Waals surface area contributed by atoms with E-state index in [9.17, 15) is 8.42 Å². The van der Waals surface area contributed by atoms with Crippen molar-refractivity contribution in [3.8, 4) is 5.75 Å². The van der Waals surface area contributed by atoms with Gasteiger partial charge in [0.25, 0.3) is 0 Å². The maximum atomic E-state index is 13.1. The molecule has 0 bridgehead atoms. The summed E-state index contributed by atoms with van der Waals surface area (Å²) in [5, 5.41) is 8.03. The van der Waals surface area contributed by atoms with Crippen molar-refractivity contribution in [1.82, 2.24) is 14.5 Å². The lowest BCUT2D eigenvalue weighted by Gasteiger charge is -2.30. The van der Waals surface area contributed by atoms with Gasteiger partial charge in [-0.3, -0.25) is 0 Å². The molecule has 1 aromatic heterocycles. The number of rotatable bonds is 4. The van der Waals surface area contributed by atoms with Gasteiger partial charge in [-0.1, -0.05) is 13.8 Å². The number of ether oxygens (including phenoxy) is 2. The van der Waals surface area contributed by atoms with Gasteiger partial charge in [0.15, 0.2) is 0 Å².